The second-order valence-corrected chi connectivity index (χ2v) is 5.15. The van der Waals surface area contributed by atoms with Gasteiger partial charge in [-0.05, 0) is 24.7 Å². The molecule has 6 nitrogen and oxygen atoms in total. The second-order valence-electron chi connectivity index (χ2n) is 5.15. The molecule has 3 unspecified atom stereocenters. The fourth-order valence-corrected chi connectivity index (χ4v) is 2.45. The molecule has 1 aromatic rings. The van der Waals surface area contributed by atoms with E-state index in [1.165, 1.54) is 6.42 Å². The smallest absolute Gasteiger partial charge is 0.273 e. The summed E-state index contributed by atoms with van der Waals surface area (Å²) in [5.41, 5.74) is 5.79. The van der Waals surface area contributed by atoms with Gasteiger partial charge < -0.3 is 11.1 Å². The van der Waals surface area contributed by atoms with Gasteiger partial charge in [-0.15, -0.1) is 5.10 Å². The van der Waals surface area contributed by atoms with Gasteiger partial charge in [0.1, 0.15) is 0 Å². The maximum absolute atomic E-state index is 12.0. The third-order valence-corrected chi connectivity index (χ3v) is 3.91. The summed E-state index contributed by atoms with van der Waals surface area (Å²) in [5, 5.41) is 10.8. The van der Waals surface area contributed by atoms with Crippen molar-refractivity contribution in [3.63, 3.8) is 0 Å². The third-order valence-electron chi connectivity index (χ3n) is 3.91. The molecule has 1 fully saturated rings. The predicted molar refractivity (Wildman–Crippen MR) is 67.9 cm³/mol. The van der Waals surface area contributed by atoms with E-state index in [0.29, 0.717) is 30.6 Å². The number of nitrogens with one attached hydrogen (secondary N) is 1. The summed E-state index contributed by atoms with van der Waals surface area (Å²) in [5.74, 6) is 1.06. The Hall–Kier alpha value is -1.43. The van der Waals surface area contributed by atoms with Crippen LogP contribution in [-0.2, 0) is 6.54 Å². The molecule has 1 aliphatic rings. The van der Waals surface area contributed by atoms with E-state index < -0.39 is 0 Å². The first kappa shape index (κ1) is 13.0. The second kappa shape index (κ2) is 5.48. The summed E-state index contributed by atoms with van der Waals surface area (Å²) in [6, 6.07) is 0.257. The maximum atomic E-state index is 12.0. The van der Waals surface area contributed by atoms with Crippen molar-refractivity contribution in [2.75, 3.05) is 6.54 Å². The normalized spacial score (nSPS) is 27.4. The molecule has 3 atom stereocenters. The van der Waals surface area contributed by atoms with Gasteiger partial charge in [-0.3, -0.25) is 9.48 Å². The Kier molecular flexibility index (Phi) is 3.96. The van der Waals surface area contributed by atoms with Crippen molar-refractivity contribution in [3.8, 4) is 0 Å². The van der Waals surface area contributed by atoms with E-state index in [1.807, 2.05) is 0 Å². The Balaban J connectivity index is 1.95. The monoisotopic (exact) mass is 251 g/mol. The molecule has 0 spiro atoms. The molecule has 0 saturated heterocycles. The molecule has 6 heteroatoms. The number of nitrogens with two attached hydrogens (primary N) is 1. The number of rotatable bonds is 4. The molecule has 100 valence electrons. The average molecular weight is 251 g/mol. The zero-order valence-electron chi connectivity index (χ0n) is 11.0. The molecule has 1 heterocycles. The highest BCUT2D eigenvalue weighted by atomic mass is 16.2. The van der Waals surface area contributed by atoms with Crippen molar-refractivity contribution in [2.24, 2.45) is 17.6 Å². The summed E-state index contributed by atoms with van der Waals surface area (Å²) in [6.07, 6.45) is 3.86. The Bertz CT molecular complexity index is 416. The summed E-state index contributed by atoms with van der Waals surface area (Å²) < 4.78 is 1.59. The fourth-order valence-electron chi connectivity index (χ4n) is 2.45. The van der Waals surface area contributed by atoms with Crippen molar-refractivity contribution in [2.45, 2.75) is 39.3 Å². The molecular weight excluding hydrogens is 230 g/mol. The number of hydrogen-bond acceptors (Lipinski definition) is 4. The SMILES string of the molecule is CC1CCC(NC(=O)c2cn(CCN)nn2)C1C. The van der Waals surface area contributed by atoms with Crippen LogP contribution in [0, 0.1) is 11.8 Å². The van der Waals surface area contributed by atoms with Gasteiger partial charge in [0.25, 0.3) is 5.91 Å². The summed E-state index contributed by atoms with van der Waals surface area (Å²) in [7, 11) is 0. The van der Waals surface area contributed by atoms with Crippen LogP contribution >= 0.6 is 0 Å². The minimum absolute atomic E-state index is 0.135. The quantitative estimate of drug-likeness (QED) is 0.811. The number of carbonyl (C=O) groups is 1. The largest absolute Gasteiger partial charge is 0.348 e. The molecule has 1 saturated carbocycles. The molecule has 1 aromatic heterocycles. The van der Waals surface area contributed by atoms with Crippen LogP contribution in [0.2, 0.25) is 0 Å². The van der Waals surface area contributed by atoms with E-state index in [4.69, 9.17) is 5.73 Å². The topological polar surface area (TPSA) is 85.8 Å². The number of aromatic nitrogens is 3. The van der Waals surface area contributed by atoms with E-state index in [-0.39, 0.29) is 11.9 Å². The van der Waals surface area contributed by atoms with Crippen LogP contribution in [0.3, 0.4) is 0 Å². The Labute approximate surface area is 107 Å². The first-order valence-electron chi connectivity index (χ1n) is 6.53. The van der Waals surface area contributed by atoms with E-state index in [1.54, 1.807) is 10.9 Å². The van der Waals surface area contributed by atoms with Crippen LogP contribution < -0.4 is 11.1 Å². The van der Waals surface area contributed by atoms with Crippen LogP contribution in [0.5, 0.6) is 0 Å². The lowest BCUT2D eigenvalue weighted by Gasteiger charge is -2.18. The average Bonchev–Trinajstić information content (AvgIpc) is 2.92. The van der Waals surface area contributed by atoms with E-state index in [0.717, 1.165) is 6.42 Å². The van der Waals surface area contributed by atoms with Gasteiger partial charge in [0.2, 0.25) is 0 Å². The summed E-state index contributed by atoms with van der Waals surface area (Å²) in [6.45, 7) is 5.49. The van der Waals surface area contributed by atoms with E-state index >= 15 is 0 Å². The van der Waals surface area contributed by atoms with Crippen LogP contribution in [0.4, 0.5) is 0 Å². The molecule has 18 heavy (non-hydrogen) atoms. The summed E-state index contributed by atoms with van der Waals surface area (Å²) in [4.78, 5) is 12.0. The highest BCUT2D eigenvalue weighted by molar-refractivity contribution is 5.92. The number of hydrogen-bond donors (Lipinski definition) is 2. The van der Waals surface area contributed by atoms with Gasteiger partial charge >= 0.3 is 0 Å². The van der Waals surface area contributed by atoms with Gasteiger partial charge in [0, 0.05) is 12.6 Å². The molecule has 2 rings (SSSR count). The molecule has 0 aromatic carbocycles. The van der Waals surface area contributed by atoms with Gasteiger partial charge in [0.05, 0.1) is 12.7 Å². The van der Waals surface area contributed by atoms with Gasteiger partial charge in [-0.2, -0.15) is 0 Å². The molecule has 0 aliphatic heterocycles. The first-order chi connectivity index (χ1) is 8.61. The first-order valence-corrected chi connectivity index (χ1v) is 6.53. The lowest BCUT2D eigenvalue weighted by atomic mass is 9.98. The van der Waals surface area contributed by atoms with Crippen molar-refractivity contribution in [1.82, 2.24) is 20.3 Å². The zero-order valence-corrected chi connectivity index (χ0v) is 11.0. The standard InChI is InChI=1S/C12H21N5O/c1-8-3-4-10(9(8)2)14-12(18)11-7-17(6-5-13)16-15-11/h7-10H,3-6,13H2,1-2H3,(H,14,18). The van der Waals surface area contributed by atoms with Crippen LogP contribution in [0.15, 0.2) is 6.20 Å². The minimum Gasteiger partial charge on any atom is -0.348 e. The molecule has 0 radical (unpaired) electrons. The number of nitrogens with zero attached hydrogens (tertiary/aromatic N) is 3. The zero-order chi connectivity index (χ0) is 13.1. The van der Waals surface area contributed by atoms with Gasteiger partial charge in [-0.25, -0.2) is 0 Å². The van der Waals surface area contributed by atoms with Gasteiger partial charge in [0.15, 0.2) is 5.69 Å². The lowest BCUT2D eigenvalue weighted by Crippen LogP contribution is -2.37. The Morgan fingerprint density at radius 2 is 2.33 bits per heavy atom. The fraction of sp³-hybridized carbons (Fsp3) is 0.750. The maximum Gasteiger partial charge on any atom is 0.273 e. The lowest BCUT2D eigenvalue weighted by molar-refractivity contribution is 0.0922. The van der Waals surface area contributed by atoms with Crippen LogP contribution in [0.25, 0.3) is 0 Å². The van der Waals surface area contributed by atoms with Gasteiger partial charge in [-0.1, -0.05) is 19.1 Å². The molecule has 1 aliphatic carbocycles. The highest BCUT2D eigenvalue weighted by Crippen LogP contribution is 2.31. The van der Waals surface area contributed by atoms with Crippen molar-refractivity contribution < 1.29 is 4.79 Å². The molecule has 0 bridgehead atoms. The summed E-state index contributed by atoms with van der Waals surface area (Å²) >= 11 is 0. The highest BCUT2D eigenvalue weighted by Gasteiger charge is 2.31. The molecular formula is C12H21N5O. The predicted octanol–water partition coefficient (Wildman–Crippen LogP) is 0.401. The third kappa shape index (κ3) is 2.69. The van der Waals surface area contributed by atoms with E-state index in [9.17, 15) is 4.79 Å². The molecule has 1 amide bonds. The van der Waals surface area contributed by atoms with Crippen molar-refractivity contribution >= 4 is 5.91 Å². The Morgan fingerprint density at radius 3 is 2.94 bits per heavy atom. The van der Waals surface area contributed by atoms with E-state index in [2.05, 4.69) is 29.5 Å². The van der Waals surface area contributed by atoms with Crippen molar-refractivity contribution in [3.05, 3.63) is 11.9 Å². The van der Waals surface area contributed by atoms with Crippen LogP contribution in [0.1, 0.15) is 37.2 Å². The van der Waals surface area contributed by atoms with Crippen molar-refractivity contribution in [1.29, 1.82) is 0 Å². The Morgan fingerprint density at radius 1 is 1.56 bits per heavy atom. The minimum atomic E-state index is -0.135. The van der Waals surface area contributed by atoms with Crippen LogP contribution in [-0.4, -0.2) is 33.5 Å². The number of carbonyl (C=O) groups excluding carboxylic acids is 1. The molecule has 3 N–H and O–H groups in total. The number of amides is 1.